The van der Waals surface area contributed by atoms with Crippen LogP contribution in [0.5, 0.6) is 0 Å². The lowest BCUT2D eigenvalue weighted by Crippen LogP contribution is -2.41. The second-order valence-corrected chi connectivity index (χ2v) is 7.30. The molecule has 2 atom stereocenters. The molecule has 0 spiro atoms. The van der Waals surface area contributed by atoms with Gasteiger partial charge in [0.1, 0.15) is 0 Å². The number of aliphatic imine (C=N–C) groups is 1. The average molecular weight is 285 g/mol. The van der Waals surface area contributed by atoms with Gasteiger partial charge >= 0.3 is 0 Å². The zero-order chi connectivity index (χ0) is 13.6. The quantitative estimate of drug-likeness (QED) is 0.599. The van der Waals surface area contributed by atoms with Gasteiger partial charge in [-0.2, -0.15) is 11.8 Å². The SMILES string of the molecule is CCNC(=NCC1(C)CCCS1)NCC1CCCO1. The van der Waals surface area contributed by atoms with Crippen LogP contribution < -0.4 is 10.6 Å². The number of ether oxygens (including phenoxy) is 1. The molecule has 0 aromatic carbocycles. The van der Waals surface area contributed by atoms with Gasteiger partial charge in [-0.1, -0.05) is 0 Å². The van der Waals surface area contributed by atoms with E-state index in [2.05, 4.69) is 36.2 Å². The summed E-state index contributed by atoms with van der Waals surface area (Å²) in [5, 5.41) is 6.73. The second kappa shape index (κ2) is 7.39. The molecule has 2 aliphatic heterocycles. The molecule has 4 nitrogen and oxygen atoms in total. The number of hydrogen-bond acceptors (Lipinski definition) is 3. The summed E-state index contributed by atoms with van der Waals surface area (Å²) in [5.41, 5.74) is 0. The molecule has 2 rings (SSSR count). The summed E-state index contributed by atoms with van der Waals surface area (Å²) in [6.07, 6.45) is 5.33. The molecule has 2 saturated heterocycles. The molecule has 2 N–H and O–H groups in total. The standard InChI is InChI=1S/C14H27N3OS/c1-3-15-13(16-10-12-6-4-8-18-12)17-11-14(2)7-5-9-19-14/h12H,3-11H2,1-2H3,(H2,15,16,17). The van der Waals surface area contributed by atoms with Crippen molar-refractivity contribution in [3.8, 4) is 0 Å². The summed E-state index contributed by atoms with van der Waals surface area (Å²) in [4.78, 5) is 4.75. The van der Waals surface area contributed by atoms with E-state index in [0.717, 1.165) is 32.2 Å². The Labute approximate surface area is 121 Å². The van der Waals surface area contributed by atoms with E-state index in [1.165, 1.54) is 31.4 Å². The lowest BCUT2D eigenvalue weighted by Gasteiger charge is -2.21. The summed E-state index contributed by atoms with van der Waals surface area (Å²) in [6.45, 7) is 8.03. The molecular weight excluding hydrogens is 258 g/mol. The van der Waals surface area contributed by atoms with Crippen molar-refractivity contribution in [2.45, 2.75) is 50.4 Å². The van der Waals surface area contributed by atoms with E-state index < -0.39 is 0 Å². The molecule has 0 aliphatic carbocycles. The van der Waals surface area contributed by atoms with Gasteiger partial charge in [0, 0.05) is 24.4 Å². The summed E-state index contributed by atoms with van der Waals surface area (Å²) >= 11 is 2.06. The van der Waals surface area contributed by atoms with Crippen molar-refractivity contribution in [1.29, 1.82) is 0 Å². The third-order valence-electron chi connectivity index (χ3n) is 3.74. The predicted octanol–water partition coefficient (Wildman–Crippen LogP) is 2.01. The fraction of sp³-hybridized carbons (Fsp3) is 0.929. The number of hydrogen-bond donors (Lipinski definition) is 2. The highest BCUT2D eigenvalue weighted by Gasteiger charge is 2.29. The monoisotopic (exact) mass is 285 g/mol. The molecule has 19 heavy (non-hydrogen) atoms. The Morgan fingerprint density at radius 1 is 1.42 bits per heavy atom. The highest BCUT2D eigenvalue weighted by atomic mass is 32.2. The van der Waals surface area contributed by atoms with E-state index in [9.17, 15) is 0 Å². The van der Waals surface area contributed by atoms with Crippen LogP contribution in [0, 0.1) is 0 Å². The molecule has 2 fully saturated rings. The van der Waals surface area contributed by atoms with E-state index in [4.69, 9.17) is 9.73 Å². The maximum atomic E-state index is 5.63. The number of guanidine groups is 1. The van der Waals surface area contributed by atoms with Crippen LogP contribution in [0.3, 0.4) is 0 Å². The molecule has 0 amide bonds. The van der Waals surface area contributed by atoms with Crippen molar-refractivity contribution < 1.29 is 4.74 Å². The minimum absolute atomic E-state index is 0.339. The van der Waals surface area contributed by atoms with Crippen LogP contribution in [0.1, 0.15) is 39.5 Å². The van der Waals surface area contributed by atoms with E-state index in [1.54, 1.807) is 0 Å². The van der Waals surface area contributed by atoms with E-state index in [-0.39, 0.29) is 0 Å². The summed E-state index contributed by atoms with van der Waals surface area (Å²) in [6, 6.07) is 0. The minimum Gasteiger partial charge on any atom is -0.376 e. The Morgan fingerprint density at radius 2 is 2.32 bits per heavy atom. The zero-order valence-electron chi connectivity index (χ0n) is 12.2. The second-order valence-electron chi connectivity index (χ2n) is 5.61. The lowest BCUT2D eigenvalue weighted by molar-refractivity contribution is 0.114. The van der Waals surface area contributed by atoms with Crippen LogP contribution in [0.4, 0.5) is 0 Å². The van der Waals surface area contributed by atoms with Gasteiger partial charge in [0.05, 0.1) is 12.6 Å². The molecular formula is C14H27N3OS. The van der Waals surface area contributed by atoms with Crippen molar-refractivity contribution in [2.75, 3.05) is 32.0 Å². The van der Waals surface area contributed by atoms with Gasteiger partial charge in [-0.15, -0.1) is 0 Å². The first-order valence-corrected chi connectivity index (χ1v) is 8.48. The number of thioether (sulfide) groups is 1. The van der Waals surface area contributed by atoms with Crippen LogP contribution in [-0.4, -0.2) is 48.8 Å². The average Bonchev–Trinajstić information content (AvgIpc) is 3.05. The van der Waals surface area contributed by atoms with Gasteiger partial charge in [0.15, 0.2) is 5.96 Å². The maximum Gasteiger partial charge on any atom is 0.191 e. The molecule has 0 saturated carbocycles. The molecule has 0 aromatic rings. The molecule has 2 unspecified atom stereocenters. The molecule has 2 aliphatic rings. The summed E-state index contributed by atoms with van der Waals surface area (Å²) in [7, 11) is 0. The third-order valence-corrected chi connectivity index (χ3v) is 5.26. The Kier molecular flexibility index (Phi) is 5.82. The fourth-order valence-electron chi connectivity index (χ4n) is 2.57. The van der Waals surface area contributed by atoms with Crippen molar-refractivity contribution in [3.63, 3.8) is 0 Å². The van der Waals surface area contributed by atoms with Crippen molar-refractivity contribution >= 4 is 17.7 Å². The highest BCUT2D eigenvalue weighted by Crippen LogP contribution is 2.37. The maximum absolute atomic E-state index is 5.63. The molecule has 0 aromatic heterocycles. The van der Waals surface area contributed by atoms with Gasteiger partial charge < -0.3 is 15.4 Å². The number of nitrogens with one attached hydrogen (secondary N) is 2. The van der Waals surface area contributed by atoms with Crippen LogP contribution in [0.25, 0.3) is 0 Å². The molecule has 110 valence electrons. The highest BCUT2D eigenvalue weighted by molar-refractivity contribution is 8.00. The Morgan fingerprint density at radius 3 is 2.95 bits per heavy atom. The third kappa shape index (κ3) is 4.88. The molecule has 5 heteroatoms. The topological polar surface area (TPSA) is 45.7 Å². The Bertz CT molecular complexity index is 297. The Balaban J connectivity index is 1.79. The van der Waals surface area contributed by atoms with Gasteiger partial charge in [-0.3, -0.25) is 4.99 Å². The van der Waals surface area contributed by atoms with Gasteiger partial charge in [0.2, 0.25) is 0 Å². The van der Waals surface area contributed by atoms with Gasteiger partial charge in [-0.05, 0) is 45.3 Å². The first-order chi connectivity index (χ1) is 9.22. The largest absolute Gasteiger partial charge is 0.376 e. The van der Waals surface area contributed by atoms with Gasteiger partial charge in [0.25, 0.3) is 0 Å². The normalized spacial score (nSPS) is 31.7. The lowest BCUT2D eigenvalue weighted by atomic mass is 10.1. The minimum atomic E-state index is 0.339. The van der Waals surface area contributed by atoms with Gasteiger partial charge in [-0.25, -0.2) is 0 Å². The van der Waals surface area contributed by atoms with Crippen LogP contribution in [0.15, 0.2) is 4.99 Å². The smallest absolute Gasteiger partial charge is 0.191 e. The van der Waals surface area contributed by atoms with Crippen LogP contribution >= 0.6 is 11.8 Å². The van der Waals surface area contributed by atoms with Crippen molar-refractivity contribution in [2.24, 2.45) is 4.99 Å². The van der Waals surface area contributed by atoms with E-state index in [1.807, 2.05) is 0 Å². The molecule has 2 heterocycles. The fourth-order valence-corrected chi connectivity index (χ4v) is 3.79. The van der Waals surface area contributed by atoms with Crippen molar-refractivity contribution in [3.05, 3.63) is 0 Å². The zero-order valence-corrected chi connectivity index (χ0v) is 13.0. The van der Waals surface area contributed by atoms with Crippen molar-refractivity contribution in [1.82, 2.24) is 10.6 Å². The summed E-state index contributed by atoms with van der Waals surface area (Å²) in [5.74, 6) is 2.22. The van der Waals surface area contributed by atoms with Crippen LogP contribution in [0.2, 0.25) is 0 Å². The van der Waals surface area contributed by atoms with E-state index in [0.29, 0.717) is 10.9 Å². The molecule has 0 radical (unpaired) electrons. The Hall–Kier alpha value is -0.420. The van der Waals surface area contributed by atoms with Crippen LogP contribution in [-0.2, 0) is 4.74 Å². The summed E-state index contributed by atoms with van der Waals surface area (Å²) < 4.78 is 5.97. The van der Waals surface area contributed by atoms with E-state index >= 15 is 0 Å². The number of rotatable bonds is 5. The first kappa shape index (κ1) is 15.0. The molecule has 0 bridgehead atoms. The first-order valence-electron chi connectivity index (χ1n) is 7.49. The predicted molar refractivity (Wildman–Crippen MR) is 83.1 cm³/mol. The number of nitrogens with zero attached hydrogens (tertiary/aromatic N) is 1.